The summed E-state index contributed by atoms with van der Waals surface area (Å²) in [6, 6.07) is 15.7. The number of carbonyl (C=O) groups is 2. The van der Waals surface area contributed by atoms with Crippen molar-refractivity contribution in [3.05, 3.63) is 70.8 Å². The number of carboxylic acids is 1. The van der Waals surface area contributed by atoms with Gasteiger partial charge in [-0.15, -0.1) is 0 Å². The van der Waals surface area contributed by atoms with Gasteiger partial charge in [0, 0.05) is 32.7 Å². The van der Waals surface area contributed by atoms with Crippen LogP contribution in [0.15, 0.2) is 48.5 Å². The zero-order valence-electron chi connectivity index (χ0n) is 18.3. The summed E-state index contributed by atoms with van der Waals surface area (Å²) in [6.07, 6.45) is 4.03. The SMILES string of the molecule is O=C(O)c1cccc(CN2CCC3(CC2)OC(CC(=O)N2CCC2)Cc2ccccc23)c1. The van der Waals surface area contributed by atoms with E-state index < -0.39 is 5.97 Å². The second kappa shape index (κ2) is 8.68. The molecular formula is C26H30N2O4. The normalized spacial score (nSPS) is 22.2. The molecule has 1 N–H and O–H groups in total. The van der Waals surface area contributed by atoms with Gasteiger partial charge < -0.3 is 14.7 Å². The molecule has 2 aromatic carbocycles. The van der Waals surface area contributed by atoms with Crippen LogP contribution in [0.2, 0.25) is 0 Å². The predicted octanol–water partition coefficient (Wildman–Crippen LogP) is 3.44. The first-order chi connectivity index (χ1) is 15.5. The first kappa shape index (κ1) is 21.2. The molecule has 168 valence electrons. The Morgan fingerprint density at radius 3 is 2.53 bits per heavy atom. The minimum Gasteiger partial charge on any atom is -0.478 e. The molecule has 3 heterocycles. The molecule has 0 radical (unpaired) electrons. The summed E-state index contributed by atoms with van der Waals surface area (Å²) < 4.78 is 6.73. The minimum absolute atomic E-state index is 0.0724. The van der Waals surface area contributed by atoms with Crippen LogP contribution in [0.5, 0.6) is 0 Å². The third kappa shape index (κ3) is 4.17. The third-order valence-corrected chi connectivity index (χ3v) is 7.20. The highest BCUT2D eigenvalue weighted by molar-refractivity contribution is 5.87. The van der Waals surface area contributed by atoms with E-state index in [0.29, 0.717) is 12.0 Å². The van der Waals surface area contributed by atoms with Gasteiger partial charge in [-0.05, 0) is 54.5 Å². The molecule has 6 nitrogen and oxygen atoms in total. The molecule has 2 aromatic rings. The molecule has 0 aromatic heterocycles. The minimum atomic E-state index is -0.893. The number of aromatic carboxylic acids is 1. The molecule has 1 amide bonds. The van der Waals surface area contributed by atoms with Crippen molar-refractivity contribution in [1.29, 1.82) is 0 Å². The Morgan fingerprint density at radius 1 is 1.03 bits per heavy atom. The highest BCUT2D eigenvalue weighted by Crippen LogP contribution is 2.44. The van der Waals surface area contributed by atoms with E-state index in [1.165, 1.54) is 11.1 Å². The lowest BCUT2D eigenvalue weighted by Crippen LogP contribution is -2.50. The highest BCUT2D eigenvalue weighted by Gasteiger charge is 2.44. The van der Waals surface area contributed by atoms with Crippen LogP contribution < -0.4 is 0 Å². The van der Waals surface area contributed by atoms with Gasteiger partial charge in [0.05, 0.1) is 23.7 Å². The van der Waals surface area contributed by atoms with Crippen LogP contribution in [0, 0.1) is 0 Å². The highest BCUT2D eigenvalue weighted by atomic mass is 16.5. The van der Waals surface area contributed by atoms with E-state index >= 15 is 0 Å². The van der Waals surface area contributed by atoms with Crippen LogP contribution in [-0.2, 0) is 28.1 Å². The van der Waals surface area contributed by atoms with Crippen molar-refractivity contribution in [2.45, 2.75) is 50.4 Å². The predicted molar refractivity (Wildman–Crippen MR) is 120 cm³/mol. The summed E-state index contributed by atoms with van der Waals surface area (Å²) in [5.41, 5.74) is 3.59. The van der Waals surface area contributed by atoms with Crippen molar-refractivity contribution in [2.75, 3.05) is 26.2 Å². The maximum Gasteiger partial charge on any atom is 0.335 e. The van der Waals surface area contributed by atoms with Gasteiger partial charge in [0.1, 0.15) is 0 Å². The van der Waals surface area contributed by atoms with Gasteiger partial charge in [-0.1, -0.05) is 36.4 Å². The molecule has 2 fully saturated rings. The zero-order chi connectivity index (χ0) is 22.1. The number of likely N-dealkylation sites (tertiary alicyclic amines) is 2. The number of carboxylic acid groups (broad SMARTS) is 1. The number of fused-ring (bicyclic) bond motifs is 2. The summed E-state index contributed by atoms with van der Waals surface area (Å²) in [6.45, 7) is 4.24. The van der Waals surface area contributed by atoms with Gasteiger partial charge in [-0.2, -0.15) is 0 Å². The van der Waals surface area contributed by atoms with Crippen LogP contribution in [0.4, 0.5) is 0 Å². The Labute approximate surface area is 188 Å². The zero-order valence-corrected chi connectivity index (χ0v) is 18.3. The Morgan fingerprint density at radius 2 is 1.81 bits per heavy atom. The van der Waals surface area contributed by atoms with Crippen molar-refractivity contribution in [1.82, 2.24) is 9.80 Å². The van der Waals surface area contributed by atoms with Gasteiger partial charge in [-0.3, -0.25) is 9.69 Å². The molecule has 1 spiro atoms. The molecule has 3 aliphatic heterocycles. The average Bonchev–Trinajstić information content (AvgIpc) is 2.74. The molecule has 0 bridgehead atoms. The second-order valence-corrected chi connectivity index (χ2v) is 9.32. The van der Waals surface area contributed by atoms with E-state index in [4.69, 9.17) is 4.74 Å². The first-order valence-corrected chi connectivity index (χ1v) is 11.6. The number of amides is 1. The number of rotatable bonds is 5. The van der Waals surface area contributed by atoms with Crippen molar-refractivity contribution in [3.63, 3.8) is 0 Å². The molecule has 1 unspecified atom stereocenters. The Balaban J connectivity index is 1.29. The average molecular weight is 435 g/mol. The number of benzene rings is 2. The molecule has 1 atom stereocenters. The van der Waals surface area contributed by atoms with E-state index in [1.54, 1.807) is 12.1 Å². The quantitative estimate of drug-likeness (QED) is 0.781. The first-order valence-electron chi connectivity index (χ1n) is 11.6. The second-order valence-electron chi connectivity index (χ2n) is 9.32. The topological polar surface area (TPSA) is 70.1 Å². The number of hydrogen-bond donors (Lipinski definition) is 1. The fourth-order valence-electron chi connectivity index (χ4n) is 5.34. The van der Waals surface area contributed by atoms with Crippen LogP contribution in [0.1, 0.15) is 52.7 Å². The summed E-state index contributed by atoms with van der Waals surface area (Å²) in [5.74, 6) is -0.679. The largest absolute Gasteiger partial charge is 0.478 e. The van der Waals surface area contributed by atoms with Crippen LogP contribution in [-0.4, -0.2) is 59.1 Å². The van der Waals surface area contributed by atoms with Crippen molar-refractivity contribution < 1.29 is 19.4 Å². The number of carbonyl (C=O) groups excluding carboxylic acids is 1. The monoisotopic (exact) mass is 434 g/mol. The molecule has 3 aliphatic rings. The molecule has 2 saturated heterocycles. The van der Waals surface area contributed by atoms with E-state index in [9.17, 15) is 14.7 Å². The Bertz CT molecular complexity index is 1010. The van der Waals surface area contributed by atoms with Gasteiger partial charge in [0.25, 0.3) is 0 Å². The van der Waals surface area contributed by atoms with Gasteiger partial charge in [-0.25, -0.2) is 4.79 Å². The number of piperidine rings is 1. The molecule has 5 rings (SSSR count). The molecule has 6 heteroatoms. The van der Waals surface area contributed by atoms with Crippen LogP contribution >= 0.6 is 0 Å². The fourth-order valence-corrected chi connectivity index (χ4v) is 5.34. The standard InChI is InChI=1S/C26H30N2O4/c29-24(28-11-4-12-28)17-22-16-20-6-1-2-8-23(20)26(32-22)9-13-27(14-10-26)18-19-5-3-7-21(15-19)25(30)31/h1-3,5-8,15,22H,4,9-14,16-18H2,(H,30,31). The smallest absolute Gasteiger partial charge is 0.335 e. The summed E-state index contributed by atoms with van der Waals surface area (Å²) in [4.78, 5) is 28.2. The molecule has 0 saturated carbocycles. The lowest BCUT2D eigenvalue weighted by Gasteiger charge is -2.48. The Kier molecular flexibility index (Phi) is 5.74. The summed E-state index contributed by atoms with van der Waals surface area (Å²) >= 11 is 0. The number of hydrogen-bond acceptors (Lipinski definition) is 4. The summed E-state index contributed by atoms with van der Waals surface area (Å²) in [7, 11) is 0. The third-order valence-electron chi connectivity index (χ3n) is 7.20. The van der Waals surface area contributed by atoms with E-state index in [1.807, 2.05) is 17.0 Å². The van der Waals surface area contributed by atoms with Crippen LogP contribution in [0.25, 0.3) is 0 Å². The maximum atomic E-state index is 12.6. The van der Waals surface area contributed by atoms with Gasteiger partial charge in [0.15, 0.2) is 0 Å². The van der Waals surface area contributed by atoms with Crippen LogP contribution in [0.3, 0.4) is 0 Å². The molecule has 32 heavy (non-hydrogen) atoms. The fraction of sp³-hybridized carbons (Fsp3) is 0.462. The van der Waals surface area contributed by atoms with Crippen molar-refractivity contribution in [3.8, 4) is 0 Å². The number of nitrogens with zero attached hydrogens (tertiary/aromatic N) is 2. The molecule has 0 aliphatic carbocycles. The molecular weight excluding hydrogens is 404 g/mol. The lowest BCUT2D eigenvalue weighted by molar-refractivity contribution is -0.157. The van der Waals surface area contributed by atoms with Crippen molar-refractivity contribution >= 4 is 11.9 Å². The number of ether oxygens (including phenoxy) is 1. The van der Waals surface area contributed by atoms with Crippen molar-refractivity contribution in [2.24, 2.45) is 0 Å². The van der Waals surface area contributed by atoms with E-state index in [2.05, 4.69) is 29.2 Å². The summed E-state index contributed by atoms with van der Waals surface area (Å²) in [5, 5.41) is 9.26. The van der Waals surface area contributed by atoms with E-state index in [0.717, 1.165) is 64.0 Å². The van der Waals surface area contributed by atoms with Gasteiger partial charge >= 0.3 is 5.97 Å². The lowest BCUT2D eigenvalue weighted by atomic mass is 9.77. The Hall–Kier alpha value is -2.70. The maximum absolute atomic E-state index is 12.6. The van der Waals surface area contributed by atoms with E-state index in [-0.39, 0.29) is 17.6 Å². The van der Waals surface area contributed by atoms with Gasteiger partial charge in [0.2, 0.25) is 5.91 Å².